The predicted molar refractivity (Wildman–Crippen MR) is 462 cm³/mol. The van der Waals surface area contributed by atoms with Crippen molar-refractivity contribution >= 4 is 85.9 Å². The van der Waals surface area contributed by atoms with E-state index in [4.69, 9.17) is 34.4 Å². The number of aromatic nitrogens is 3. The van der Waals surface area contributed by atoms with Crippen LogP contribution in [0.2, 0.25) is 0 Å². The van der Waals surface area contributed by atoms with E-state index >= 15 is 24.0 Å². The van der Waals surface area contributed by atoms with E-state index in [9.17, 15) is 24.3 Å². The number of benzene rings is 3. The van der Waals surface area contributed by atoms with Crippen LogP contribution >= 0.6 is 0 Å². The molecule has 6 aromatic rings. The summed E-state index contributed by atoms with van der Waals surface area (Å²) in [7, 11) is 0. The van der Waals surface area contributed by atoms with Crippen LogP contribution in [0.25, 0.3) is 32.7 Å². The molecule has 25 N–H and O–H groups in total. The molecule has 3 aromatic heterocycles. The van der Waals surface area contributed by atoms with Gasteiger partial charge in [-0.15, -0.1) is 0 Å². The summed E-state index contributed by atoms with van der Waals surface area (Å²) in [6.45, 7) is 19.0. The van der Waals surface area contributed by atoms with Gasteiger partial charge in [-0.3, -0.25) is 43.2 Å². The highest BCUT2D eigenvalue weighted by molar-refractivity contribution is 5.97. The highest BCUT2D eigenvalue weighted by Gasteiger charge is 2.67. The van der Waals surface area contributed by atoms with E-state index in [1.54, 1.807) is 0 Å². The Kier molecular flexibility index (Phi) is 32.5. The standard InChI is InChI=1S/C90H138N18O10/c1-50(2)77(94)86(116)101-68(30-16-19-37-91)80(110)105-72(41-54-47-97-65-27-13-10-24-59(54)65)83(113)100-58-35-36-89(8)57(44-58)45-71(104-84(114)73(42-55-48-98-66-28-14-11-25-60(55)66)106-81(111)69(31-17-20-38-92)102-87(117)78(95)51(3)4)76-63-34-33-62(53(7)23-22-40-109)90(63,9)75(46-64(76)89)108-85(115)74(43-56-49-99-67-29-15-12-26-61(56)67)107-82(112)70(32-18-21-39-93)103-88(118)79(96)52(5)6/h10-15,24-29,47-53,57-58,62-64,68-79,97-99,109H,16-23,30-46,91-96H2,1-9H3,(H,100,113)(H,101,116)(H,102,117)(H,103,118)(H,104,114)(H,105,110)(H,106,111)(H,107,112)(H,108,115)/t53-,57+,58-,62-,63+,64+,68+,69+,70+,71-,72+,73+,74+,75+,76+,77+,78+,79+,89+,90-/m1/s1. The Morgan fingerprint density at radius 2 is 0.814 bits per heavy atom. The molecule has 9 amide bonds. The van der Waals surface area contributed by atoms with Gasteiger partial charge in [0.25, 0.3) is 0 Å². The van der Waals surface area contributed by atoms with Crippen molar-refractivity contribution in [3.05, 3.63) is 108 Å². The maximum atomic E-state index is 16.4. The fraction of sp³-hybridized carbons (Fsp3) is 0.633. The first-order chi connectivity index (χ1) is 56.4. The summed E-state index contributed by atoms with van der Waals surface area (Å²) in [5.41, 5.74) is 40.9. The van der Waals surface area contributed by atoms with Crippen LogP contribution in [0.15, 0.2) is 91.4 Å². The van der Waals surface area contributed by atoms with Crippen molar-refractivity contribution < 1.29 is 48.3 Å². The number of amides is 9. The maximum Gasteiger partial charge on any atom is 0.243 e. The topological polar surface area (TPSA) is 486 Å². The van der Waals surface area contributed by atoms with Crippen LogP contribution in [0, 0.1) is 64.1 Å². The van der Waals surface area contributed by atoms with Crippen LogP contribution < -0.4 is 82.3 Å². The third-order valence-corrected chi connectivity index (χ3v) is 27.4. The lowest BCUT2D eigenvalue weighted by Crippen LogP contribution is -2.69. The van der Waals surface area contributed by atoms with E-state index < -0.39 is 136 Å². The number of carbonyl (C=O) groups is 9. The van der Waals surface area contributed by atoms with E-state index in [1.165, 1.54) is 0 Å². The van der Waals surface area contributed by atoms with Crippen molar-refractivity contribution in [2.24, 2.45) is 98.5 Å². The van der Waals surface area contributed by atoms with Crippen molar-refractivity contribution in [2.45, 2.75) is 270 Å². The molecule has 0 saturated heterocycles. The number of aliphatic hydroxyl groups excluding tert-OH is 1. The van der Waals surface area contributed by atoms with Gasteiger partial charge in [0, 0.05) is 95.3 Å². The van der Waals surface area contributed by atoms with Crippen molar-refractivity contribution in [3.8, 4) is 0 Å². The lowest BCUT2D eigenvalue weighted by molar-refractivity contribution is -0.155. The molecule has 4 aliphatic rings. The number of hydrogen-bond acceptors (Lipinski definition) is 16. The van der Waals surface area contributed by atoms with Crippen molar-refractivity contribution in [1.82, 2.24) is 62.8 Å². The summed E-state index contributed by atoms with van der Waals surface area (Å²) in [6, 6.07) is 12.4. The van der Waals surface area contributed by atoms with Crippen molar-refractivity contribution in [2.75, 3.05) is 26.2 Å². The lowest BCUT2D eigenvalue weighted by Gasteiger charge is -2.65. The predicted octanol–water partition coefficient (Wildman–Crippen LogP) is 6.15. The van der Waals surface area contributed by atoms with Gasteiger partial charge in [-0.2, -0.15) is 0 Å². The smallest absolute Gasteiger partial charge is 0.243 e. The third-order valence-electron chi connectivity index (χ3n) is 27.4. The second kappa shape index (κ2) is 42.0. The SMILES string of the molecule is CC(C)[C@H](N)C(=O)N[C@@H](CCCCN)C(=O)N[C@@H](Cc1c[nH]c2ccccc12)C(=O)N[C@@H]1CC[C@@]2(C)[C@@H](C1)C[C@@H](NC(=O)[C@H](Cc1c[nH]c3ccccc13)NC(=O)[C@H](CCCCN)NC(=O)[C@@H](N)C(C)C)[C@@H]1[C@@H]2C[C@H](NC(=O)[C@H](Cc2c[nH]c3ccccc23)NC(=O)[C@H](CCCCN)NC(=O)[C@@H](N)C(C)C)[C@]2(C)[C@@H]([C@H](C)CCCO)CC[C@@H]12. The van der Waals surface area contributed by atoms with E-state index in [0.717, 1.165) is 62.2 Å². The van der Waals surface area contributed by atoms with Crippen LogP contribution in [0.5, 0.6) is 0 Å². The summed E-state index contributed by atoms with van der Waals surface area (Å²) in [4.78, 5) is 145. The Labute approximate surface area is 696 Å². The number of H-pyrrole nitrogens is 3. The zero-order chi connectivity index (χ0) is 85.3. The summed E-state index contributed by atoms with van der Waals surface area (Å²) in [5, 5.41) is 42.2. The molecule has 0 bridgehead atoms. The van der Waals surface area contributed by atoms with E-state index in [2.05, 4.69) is 83.6 Å². The largest absolute Gasteiger partial charge is 0.396 e. The molecule has 3 aromatic carbocycles. The van der Waals surface area contributed by atoms with Crippen LogP contribution in [-0.2, 0) is 62.4 Å². The van der Waals surface area contributed by atoms with Crippen LogP contribution in [0.3, 0.4) is 0 Å². The number of hydrogen-bond donors (Lipinski definition) is 19. The number of aromatic amines is 3. The molecule has 0 radical (unpaired) electrons. The van der Waals surface area contributed by atoms with Gasteiger partial charge in [-0.1, -0.05) is 117 Å². The van der Waals surface area contributed by atoms with E-state index in [-0.39, 0.29) is 98.4 Å². The number of aliphatic hydroxyl groups is 1. The summed E-state index contributed by atoms with van der Waals surface area (Å²) >= 11 is 0. The number of fused-ring (bicyclic) bond motifs is 8. The highest BCUT2D eigenvalue weighted by atomic mass is 16.3. The molecule has 4 saturated carbocycles. The van der Waals surface area contributed by atoms with Crippen molar-refractivity contribution in [3.63, 3.8) is 0 Å². The molecule has 3 heterocycles. The normalized spacial score (nSPS) is 24.2. The average molecular weight is 1630 g/mol. The molecule has 4 fully saturated rings. The van der Waals surface area contributed by atoms with Crippen molar-refractivity contribution in [1.29, 1.82) is 0 Å². The summed E-state index contributed by atoms with van der Waals surface area (Å²) < 4.78 is 0. The molecule has 10 rings (SSSR count). The Morgan fingerprint density at radius 1 is 0.432 bits per heavy atom. The van der Waals surface area contributed by atoms with Gasteiger partial charge in [0.05, 0.1) is 18.1 Å². The number of para-hydroxylation sites is 3. The molecule has 118 heavy (non-hydrogen) atoms. The molecular weight excluding hydrogens is 1490 g/mol. The summed E-state index contributed by atoms with van der Waals surface area (Å²) in [5.74, 6) is -5.79. The zero-order valence-corrected chi connectivity index (χ0v) is 71.0. The minimum atomic E-state index is -1.18. The molecule has 0 spiro atoms. The first-order valence-electron chi connectivity index (χ1n) is 43.8. The number of nitrogens with one attached hydrogen (secondary N) is 12. The van der Waals surface area contributed by atoms with Gasteiger partial charge < -0.3 is 102 Å². The molecule has 0 unspecified atom stereocenters. The molecular formula is C90H138N18O10. The van der Waals surface area contributed by atoms with Gasteiger partial charge in [0.2, 0.25) is 53.2 Å². The molecule has 4 aliphatic carbocycles. The number of unbranched alkanes of at least 4 members (excludes halogenated alkanes) is 3. The molecule has 20 atom stereocenters. The second-order valence-electron chi connectivity index (χ2n) is 36.2. The monoisotopic (exact) mass is 1630 g/mol. The van der Waals surface area contributed by atoms with E-state index in [1.807, 2.05) is 133 Å². The zero-order valence-electron chi connectivity index (χ0n) is 71.0. The van der Waals surface area contributed by atoms with Gasteiger partial charge in [-0.05, 0) is 234 Å². The Morgan fingerprint density at radius 3 is 1.20 bits per heavy atom. The maximum absolute atomic E-state index is 16.4. The first-order valence-corrected chi connectivity index (χ1v) is 43.8. The molecule has 28 nitrogen and oxygen atoms in total. The van der Waals surface area contributed by atoms with E-state index in [0.29, 0.717) is 103 Å². The van der Waals surface area contributed by atoms with Gasteiger partial charge in [0.15, 0.2) is 0 Å². The minimum absolute atomic E-state index is 0.00448. The Balaban J connectivity index is 1.06. The lowest BCUT2D eigenvalue weighted by atomic mass is 9.42. The average Bonchev–Trinajstić information content (AvgIpc) is 1.28. The molecule has 0 aliphatic heterocycles. The fourth-order valence-corrected chi connectivity index (χ4v) is 20.2. The van der Waals surface area contributed by atoms with Crippen LogP contribution in [0.1, 0.15) is 195 Å². The summed E-state index contributed by atoms with van der Waals surface area (Å²) in [6.07, 6.45) is 15.1. The minimum Gasteiger partial charge on any atom is -0.396 e. The first kappa shape index (κ1) is 91.5. The van der Waals surface area contributed by atoms with Crippen LogP contribution in [-0.4, -0.2) is 172 Å². The number of carbonyl (C=O) groups excluding carboxylic acids is 9. The van der Waals surface area contributed by atoms with Crippen LogP contribution in [0.4, 0.5) is 0 Å². The number of rotatable bonds is 43. The van der Waals surface area contributed by atoms with Gasteiger partial charge >= 0.3 is 0 Å². The number of nitrogens with two attached hydrogens (primary N) is 6. The van der Waals surface area contributed by atoms with Gasteiger partial charge in [0.1, 0.15) is 36.3 Å². The quantitative estimate of drug-likeness (QED) is 0.0191. The van der Waals surface area contributed by atoms with Gasteiger partial charge in [-0.25, -0.2) is 0 Å². The molecule has 648 valence electrons. The second-order valence-corrected chi connectivity index (χ2v) is 36.2. The molecule has 28 heteroatoms. The Hall–Kier alpha value is -8.77. The Bertz CT molecular complexity index is 4370. The highest BCUT2D eigenvalue weighted by Crippen LogP contribution is 2.68. The fourth-order valence-electron chi connectivity index (χ4n) is 20.2. The third kappa shape index (κ3) is 21.9.